The fraction of sp³-hybridized carbons (Fsp3) is 0.933. The second-order valence-corrected chi connectivity index (χ2v) is 14.1. The van der Waals surface area contributed by atoms with E-state index in [1.807, 2.05) is 0 Å². The Labute approximate surface area is 211 Å². The van der Waals surface area contributed by atoms with Gasteiger partial charge >= 0.3 is 0 Å². The lowest BCUT2D eigenvalue weighted by molar-refractivity contribution is -0.183. The maximum Gasteiger partial charge on any atom is 0.137 e. The maximum atomic E-state index is 14.0. The van der Waals surface area contributed by atoms with Gasteiger partial charge in [0.05, 0.1) is 18.3 Å². The average Bonchev–Trinajstić information content (AvgIpc) is 3.16. The number of carbonyl (C=O) groups excluding carboxylic acids is 2. The van der Waals surface area contributed by atoms with Gasteiger partial charge in [-0.3, -0.25) is 14.5 Å². The normalized spacial score (nSPS) is 49.8. The van der Waals surface area contributed by atoms with Gasteiger partial charge in [-0.05, 0) is 86.9 Å². The van der Waals surface area contributed by atoms with Gasteiger partial charge in [0.1, 0.15) is 11.6 Å². The molecule has 1 saturated heterocycles. The van der Waals surface area contributed by atoms with Crippen LogP contribution in [0.3, 0.4) is 0 Å². The van der Waals surface area contributed by atoms with Crippen LogP contribution in [0, 0.1) is 40.4 Å². The molecule has 3 unspecified atom stereocenters. The minimum atomic E-state index is -0.305. The number of carbonyl (C=O) groups is 2. The van der Waals surface area contributed by atoms with E-state index in [-0.39, 0.29) is 46.2 Å². The summed E-state index contributed by atoms with van der Waals surface area (Å²) in [5.41, 5.74) is -0.201. The number of morpholine rings is 1. The topological polar surface area (TPSA) is 66.8 Å². The van der Waals surface area contributed by atoms with Crippen molar-refractivity contribution in [2.75, 3.05) is 19.7 Å². The first kappa shape index (κ1) is 24.6. The Bertz CT molecular complexity index is 861. The first-order valence-corrected chi connectivity index (χ1v) is 14.8. The smallest absolute Gasteiger partial charge is 0.137 e. The summed E-state index contributed by atoms with van der Waals surface area (Å²) in [5, 5.41) is 11.4. The molecule has 0 aromatic carbocycles. The van der Waals surface area contributed by atoms with Crippen molar-refractivity contribution in [1.29, 1.82) is 0 Å². The summed E-state index contributed by atoms with van der Waals surface area (Å²) in [6.07, 6.45) is 12.4. The van der Waals surface area contributed by atoms with E-state index in [9.17, 15) is 14.7 Å². The van der Waals surface area contributed by atoms with Crippen molar-refractivity contribution in [1.82, 2.24) is 4.90 Å². The molecule has 5 heteroatoms. The first-order chi connectivity index (χ1) is 16.7. The average molecular weight is 486 g/mol. The molecule has 6 aliphatic rings. The number of rotatable bonds is 2. The molecule has 9 atom stereocenters. The van der Waals surface area contributed by atoms with Gasteiger partial charge in [0.25, 0.3) is 0 Å². The lowest BCUT2D eigenvalue weighted by Gasteiger charge is -2.62. The van der Waals surface area contributed by atoms with E-state index in [2.05, 4.69) is 18.7 Å². The van der Waals surface area contributed by atoms with Crippen LogP contribution in [0.25, 0.3) is 0 Å². The molecule has 35 heavy (non-hydrogen) atoms. The van der Waals surface area contributed by atoms with Gasteiger partial charge < -0.3 is 9.84 Å². The summed E-state index contributed by atoms with van der Waals surface area (Å²) < 4.78 is 6.38. The van der Waals surface area contributed by atoms with Crippen LogP contribution in [-0.4, -0.2) is 59.0 Å². The highest BCUT2D eigenvalue weighted by Crippen LogP contribution is 2.66. The number of aliphatic hydroxyl groups excluding tert-OH is 1. The number of hydrogen-bond acceptors (Lipinski definition) is 5. The summed E-state index contributed by atoms with van der Waals surface area (Å²) in [4.78, 5) is 29.1. The molecular weight excluding hydrogens is 438 g/mol. The minimum absolute atomic E-state index is 0.0168. The van der Waals surface area contributed by atoms with E-state index in [1.54, 1.807) is 6.92 Å². The summed E-state index contributed by atoms with van der Waals surface area (Å²) in [6, 6.07) is 0.132. The quantitative estimate of drug-likeness (QED) is 0.609. The molecule has 0 aromatic rings. The van der Waals surface area contributed by atoms with Crippen molar-refractivity contribution in [3.05, 3.63) is 0 Å². The Kier molecular flexibility index (Phi) is 6.05. The summed E-state index contributed by atoms with van der Waals surface area (Å²) in [6.45, 7) is 9.00. The summed E-state index contributed by atoms with van der Waals surface area (Å²) >= 11 is 0. The Morgan fingerprint density at radius 3 is 2.57 bits per heavy atom. The van der Waals surface area contributed by atoms with Crippen LogP contribution < -0.4 is 0 Å². The molecule has 0 radical (unpaired) electrons. The molecule has 1 heterocycles. The molecule has 6 fully saturated rings. The Morgan fingerprint density at radius 1 is 1.06 bits per heavy atom. The zero-order valence-electron chi connectivity index (χ0n) is 22.3. The van der Waals surface area contributed by atoms with Crippen LogP contribution in [0.1, 0.15) is 97.8 Å². The highest BCUT2D eigenvalue weighted by Gasteiger charge is 2.65. The molecule has 0 aromatic heterocycles. The summed E-state index contributed by atoms with van der Waals surface area (Å²) in [5.74, 6) is 2.21. The van der Waals surface area contributed by atoms with Crippen molar-refractivity contribution >= 4 is 11.6 Å². The molecule has 5 saturated carbocycles. The van der Waals surface area contributed by atoms with E-state index >= 15 is 0 Å². The predicted octanol–water partition coefficient (Wildman–Crippen LogP) is 4.79. The van der Waals surface area contributed by atoms with Crippen LogP contribution in [0.4, 0.5) is 0 Å². The summed E-state index contributed by atoms with van der Waals surface area (Å²) in [7, 11) is 0. The molecule has 5 nitrogen and oxygen atoms in total. The van der Waals surface area contributed by atoms with Gasteiger partial charge in [-0.15, -0.1) is 0 Å². The van der Waals surface area contributed by atoms with Crippen LogP contribution in [0.5, 0.6) is 0 Å². The Balaban J connectivity index is 1.27. The molecule has 5 aliphatic carbocycles. The molecule has 0 amide bonds. The monoisotopic (exact) mass is 485 g/mol. The van der Waals surface area contributed by atoms with Gasteiger partial charge in [-0.1, -0.05) is 33.1 Å². The lowest BCUT2D eigenvalue weighted by atomic mass is 9.43. The third-order valence-corrected chi connectivity index (χ3v) is 12.4. The molecule has 6 rings (SSSR count). The predicted molar refractivity (Wildman–Crippen MR) is 135 cm³/mol. The van der Waals surface area contributed by atoms with Crippen molar-refractivity contribution in [2.45, 2.75) is 116 Å². The molecule has 1 aliphatic heterocycles. The number of hydrogen-bond donors (Lipinski definition) is 1. The van der Waals surface area contributed by atoms with Crippen molar-refractivity contribution in [3.63, 3.8) is 0 Å². The SMILES string of the molecule is CC(=O)[C@H]1CC[C@H]2[C@@H]3CCC4CC(O)C(N5CCOC6(CCCCC6)C5)C[C@]4(C)[C@H]3C(=O)C[C@]12C. The van der Waals surface area contributed by atoms with Crippen LogP contribution in [0.15, 0.2) is 0 Å². The van der Waals surface area contributed by atoms with Crippen molar-refractivity contribution in [2.24, 2.45) is 40.4 Å². The third-order valence-electron chi connectivity index (χ3n) is 12.4. The number of ether oxygens (including phenoxy) is 1. The van der Waals surface area contributed by atoms with Gasteiger partial charge in [0.15, 0.2) is 0 Å². The molecular formula is C30H47NO4. The standard InChI is InChI=1S/C30H47NO4/c1-19(32)22-9-10-23-21-8-7-20-15-25(33)24(16-28(20,2)27(21)26(34)17-29(22,23)3)31-13-14-35-30(18-31)11-5-4-6-12-30/h20-25,27,33H,4-18H2,1-3H3/t20?,21-,22+,23-,24?,25?,27+,28-,29+/m0/s1. The van der Waals surface area contributed by atoms with Crippen LogP contribution in [-0.2, 0) is 14.3 Å². The van der Waals surface area contributed by atoms with Gasteiger partial charge in [0.2, 0.25) is 0 Å². The molecule has 196 valence electrons. The van der Waals surface area contributed by atoms with E-state index in [4.69, 9.17) is 4.74 Å². The molecule has 0 bridgehead atoms. The first-order valence-electron chi connectivity index (χ1n) is 14.8. The minimum Gasteiger partial charge on any atom is -0.391 e. The van der Waals surface area contributed by atoms with E-state index < -0.39 is 0 Å². The maximum absolute atomic E-state index is 14.0. The third kappa shape index (κ3) is 3.73. The number of ketones is 2. The van der Waals surface area contributed by atoms with E-state index in [0.29, 0.717) is 30.0 Å². The van der Waals surface area contributed by atoms with Gasteiger partial charge in [-0.2, -0.15) is 0 Å². The lowest BCUT2D eigenvalue weighted by Crippen LogP contribution is -2.64. The largest absolute Gasteiger partial charge is 0.391 e. The Morgan fingerprint density at radius 2 is 1.83 bits per heavy atom. The number of nitrogens with zero attached hydrogens (tertiary/aromatic N) is 1. The van der Waals surface area contributed by atoms with E-state index in [1.165, 1.54) is 19.3 Å². The van der Waals surface area contributed by atoms with Crippen molar-refractivity contribution < 1.29 is 19.4 Å². The highest BCUT2D eigenvalue weighted by atomic mass is 16.5. The highest BCUT2D eigenvalue weighted by molar-refractivity contribution is 5.87. The van der Waals surface area contributed by atoms with Crippen LogP contribution in [0.2, 0.25) is 0 Å². The zero-order chi connectivity index (χ0) is 24.6. The zero-order valence-corrected chi connectivity index (χ0v) is 22.3. The fourth-order valence-electron chi connectivity index (χ4n) is 10.8. The number of fused-ring (bicyclic) bond motifs is 5. The molecule has 1 N–H and O–H groups in total. The second kappa shape index (κ2) is 8.63. The Hall–Kier alpha value is -0.780. The number of aliphatic hydroxyl groups is 1. The van der Waals surface area contributed by atoms with Gasteiger partial charge in [-0.25, -0.2) is 0 Å². The van der Waals surface area contributed by atoms with E-state index in [0.717, 1.165) is 71.1 Å². The van der Waals surface area contributed by atoms with Gasteiger partial charge in [0, 0.05) is 37.4 Å². The van der Waals surface area contributed by atoms with Crippen molar-refractivity contribution in [3.8, 4) is 0 Å². The second-order valence-electron chi connectivity index (χ2n) is 14.1. The van der Waals surface area contributed by atoms with Crippen LogP contribution >= 0.6 is 0 Å². The number of Topliss-reactive ketones (excluding diaryl/α,β-unsaturated/α-hetero) is 2. The molecule has 1 spiro atoms. The fourth-order valence-corrected chi connectivity index (χ4v) is 10.8.